The van der Waals surface area contributed by atoms with E-state index in [0.29, 0.717) is 27.5 Å². The molecule has 7 heteroatoms. The molecule has 3 rings (SSSR count). The van der Waals surface area contributed by atoms with Crippen LogP contribution in [0.2, 0.25) is 10.0 Å². The molecule has 0 amide bonds. The van der Waals surface area contributed by atoms with Gasteiger partial charge in [0.2, 0.25) is 0 Å². The van der Waals surface area contributed by atoms with E-state index in [-0.39, 0.29) is 0 Å². The Kier molecular flexibility index (Phi) is 3.82. The summed E-state index contributed by atoms with van der Waals surface area (Å²) in [4.78, 5) is 4.35. The molecule has 1 fully saturated rings. The van der Waals surface area contributed by atoms with Gasteiger partial charge in [0.05, 0.1) is 10.6 Å². The molecule has 1 aliphatic carbocycles. The average Bonchev–Trinajstić information content (AvgIpc) is 2.91. The summed E-state index contributed by atoms with van der Waals surface area (Å²) >= 11 is 12.0. The summed E-state index contributed by atoms with van der Waals surface area (Å²) in [5, 5.41) is 4.76. The van der Waals surface area contributed by atoms with Crippen LogP contribution in [-0.4, -0.2) is 10.1 Å². The number of aromatic nitrogens is 2. The van der Waals surface area contributed by atoms with Gasteiger partial charge in [-0.3, -0.25) is 0 Å². The van der Waals surface area contributed by atoms with Crippen LogP contribution in [0.3, 0.4) is 0 Å². The second kappa shape index (κ2) is 5.48. The second-order valence-corrected chi connectivity index (χ2v) is 6.06. The molecule has 2 aromatic rings. The van der Waals surface area contributed by atoms with Gasteiger partial charge >= 0.3 is 0 Å². The first-order chi connectivity index (χ1) is 9.99. The maximum Gasteiger partial charge on any atom is 0.267 e. The molecule has 21 heavy (non-hydrogen) atoms. The number of rotatable bonds is 4. The van der Waals surface area contributed by atoms with Crippen LogP contribution in [0.1, 0.15) is 44.0 Å². The molecule has 1 unspecified atom stereocenters. The molecule has 0 radical (unpaired) electrons. The van der Waals surface area contributed by atoms with Gasteiger partial charge in [0.1, 0.15) is 10.8 Å². The molecule has 1 aliphatic rings. The zero-order valence-electron chi connectivity index (χ0n) is 11.5. The van der Waals surface area contributed by atoms with Gasteiger partial charge in [0.25, 0.3) is 5.89 Å². The Morgan fingerprint density at radius 1 is 1.38 bits per heavy atom. The Morgan fingerprint density at radius 3 is 2.81 bits per heavy atom. The SMILES string of the molecule is CC(Oc1cccc(Cl)c1Cl)c1nc(C2(N)CCC2)no1. The van der Waals surface area contributed by atoms with Crippen LogP contribution in [0.25, 0.3) is 0 Å². The zero-order valence-corrected chi connectivity index (χ0v) is 13.0. The Hall–Kier alpha value is -1.30. The molecule has 1 aromatic carbocycles. The van der Waals surface area contributed by atoms with Gasteiger partial charge in [-0.05, 0) is 38.3 Å². The van der Waals surface area contributed by atoms with Crippen LogP contribution in [0.5, 0.6) is 5.75 Å². The van der Waals surface area contributed by atoms with Gasteiger partial charge in [0, 0.05) is 0 Å². The number of ether oxygens (including phenoxy) is 1. The van der Waals surface area contributed by atoms with E-state index in [1.807, 2.05) is 0 Å². The van der Waals surface area contributed by atoms with E-state index in [0.717, 1.165) is 19.3 Å². The van der Waals surface area contributed by atoms with E-state index in [1.54, 1.807) is 25.1 Å². The molecule has 5 nitrogen and oxygen atoms in total. The van der Waals surface area contributed by atoms with Crippen LogP contribution in [0, 0.1) is 0 Å². The lowest BCUT2D eigenvalue weighted by Gasteiger charge is -2.34. The summed E-state index contributed by atoms with van der Waals surface area (Å²) in [5.74, 6) is 1.39. The minimum atomic E-state index is -0.449. The molecule has 1 saturated carbocycles. The smallest absolute Gasteiger partial charge is 0.267 e. The van der Waals surface area contributed by atoms with Gasteiger partial charge in [-0.25, -0.2) is 0 Å². The minimum Gasteiger partial charge on any atom is -0.479 e. The Balaban J connectivity index is 1.76. The zero-order chi connectivity index (χ0) is 15.0. The fourth-order valence-electron chi connectivity index (χ4n) is 2.20. The van der Waals surface area contributed by atoms with Gasteiger partial charge in [-0.2, -0.15) is 4.98 Å². The van der Waals surface area contributed by atoms with E-state index in [2.05, 4.69) is 10.1 Å². The molecule has 2 N–H and O–H groups in total. The molecule has 0 bridgehead atoms. The number of hydrogen-bond acceptors (Lipinski definition) is 5. The van der Waals surface area contributed by atoms with Gasteiger partial charge in [0.15, 0.2) is 11.9 Å². The number of nitrogens with zero attached hydrogens (tertiary/aromatic N) is 2. The molecule has 0 aliphatic heterocycles. The Bertz CT molecular complexity index is 655. The highest BCUT2D eigenvalue weighted by Gasteiger charge is 2.39. The number of nitrogens with two attached hydrogens (primary N) is 1. The lowest BCUT2D eigenvalue weighted by molar-refractivity contribution is 0.174. The van der Waals surface area contributed by atoms with Crippen LogP contribution >= 0.6 is 23.2 Å². The minimum absolute atomic E-state index is 0.361. The fourth-order valence-corrected chi connectivity index (χ4v) is 2.54. The summed E-state index contributed by atoms with van der Waals surface area (Å²) in [6.45, 7) is 1.80. The highest BCUT2D eigenvalue weighted by atomic mass is 35.5. The first kappa shape index (κ1) is 14.6. The predicted molar refractivity (Wildman–Crippen MR) is 79.5 cm³/mol. The molecule has 1 aromatic heterocycles. The van der Waals surface area contributed by atoms with Crippen LogP contribution in [0.15, 0.2) is 22.7 Å². The third-order valence-corrected chi connectivity index (χ3v) is 4.50. The standard InChI is InChI=1S/C14H15Cl2N3O2/c1-8(20-10-5-2-4-9(15)11(10)16)12-18-13(19-21-12)14(17)6-3-7-14/h2,4-5,8H,3,6-7,17H2,1H3. The third-order valence-electron chi connectivity index (χ3n) is 3.70. The lowest BCUT2D eigenvalue weighted by atomic mass is 9.77. The maximum absolute atomic E-state index is 6.17. The van der Waals surface area contributed by atoms with Crippen molar-refractivity contribution in [3.8, 4) is 5.75 Å². The first-order valence-electron chi connectivity index (χ1n) is 6.73. The maximum atomic E-state index is 6.17. The molecule has 112 valence electrons. The highest BCUT2D eigenvalue weighted by molar-refractivity contribution is 6.42. The van der Waals surface area contributed by atoms with Crippen molar-refractivity contribution in [3.63, 3.8) is 0 Å². The van der Waals surface area contributed by atoms with Crippen molar-refractivity contribution in [2.45, 2.75) is 37.8 Å². The molecular weight excluding hydrogens is 313 g/mol. The summed E-state index contributed by atoms with van der Waals surface area (Å²) in [6, 6.07) is 5.19. The van der Waals surface area contributed by atoms with E-state index >= 15 is 0 Å². The second-order valence-electron chi connectivity index (χ2n) is 5.28. The van der Waals surface area contributed by atoms with Crippen molar-refractivity contribution in [1.82, 2.24) is 10.1 Å². The normalized spacial score (nSPS) is 18.1. The van der Waals surface area contributed by atoms with E-state index in [1.165, 1.54) is 0 Å². The molecule has 1 heterocycles. The van der Waals surface area contributed by atoms with E-state index < -0.39 is 11.6 Å². The topological polar surface area (TPSA) is 74.2 Å². The van der Waals surface area contributed by atoms with Crippen molar-refractivity contribution in [1.29, 1.82) is 0 Å². The molecule has 0 saturated heterocycles. The lowest BCUT2D eigenvalue weighted by Crippen LogP contribution is -2.44. The van der Waals surface area contributed by atoms with Gasteiger partial charge in [-0.1, -0.05) is 34.4 Å². The molecular formula is C14H15Cl2N3O2. The summed E-state index contributed by atoms with van der Waals surface area (Å²) < 4.78 is 11.0. The largest absolute Gasteiger partial charge is 0.479 e. The average molecular weight is 328 g/mol. The predicted octanol–water partition coefficient (Wildman–Crippen LogP) is 3.85. The Morgan fingerprint density at radius 2 is 2.14 bits per heavy atom. The van der Waals surface area contributed by atoms with Crippen molar-refractivity contribution >= 4 is 23.2 Å². The summed E-state index contributed by atoms with van der Waals surface area (Å²) in [7, 11) is 0. The van der Waals surface area contributed by atoms with Gasteiger partial charge < -0.3 is 15.0 Å². The number of benzene rings is 1. The summed E-state index contributed by atoms with van der Waals surface area (Å²) in [5.41, 5.74) is 5.72. The molecule has 1 atom stereocenters. The van der Waals surface area contributed by atoms with E-state index in [4.69, 9.17) is 38.2 Å². The molecule has 0 spiro atoms. The van der Waals surface area contributed by atoms with Crippen molar-refractivity contribution in [2.24, 2.45) is 5.73 Å². The van der Waals surface area contributed by atoms with E-state index in [9.17, 15) is 0 Å². The fraction of sp³-hybridized carbons (Fsp3) is 0.429. The first-order valence-corrected chi connectivity index (χ1v) is 7.49. The van der Waals surface area contributed by atoms with Gasteiger partial charge in [-0.15, -0.1) is 0 Å². The quantitative estimate of drug-likeness (QED) is 0.922. The Labute approximate surface area is 132 Å². The number of hydrogen-bond donors (Lipinski definition) is 1. The summed E-state index contributed by atoms with van der Waals surface area (Å²) in [6.07, 6.45) is 2.40. The van der Waals surface area contributed by atoms with Crippen molar-refractivity contribution < 1.29 is 9.26 Å². The monoisotopic (exact) mass is 327 g/mol. The number of halogens is 2. The third kappa shape index (κ3) is 2.73. The van der Waals surface area contributed by atoms with Crippen LogP contribution in [0.4, 0.5) is 0 Å². The van der Waals surface area contributed by atoms with Crippen molar-refractivity contribution in [3.05, 3.63) is 40.0 Å². The van der Waals surface area contributed by atoms with Crippen LogP contribution < -0.4 is 10.5 Å². The van der Waals surface area contributed by atoms with Crippen LogP contribution in [-0.2, 0) is 5.54 Å². The highest BCUT2D eigenvalue weighted by Crippen LogP contribution is 2.38. The van der Waals surface area contributed by atoms with Crippen molar-refractivity contribution in [2.75, 3.05) is 0 Å².